The first-order valence-electron chi connectivity index (χ1n) is 5.21. The number of hydrogen-bond donors (Lipinski definition) is 2. The van der Waals surface area contributed by atoms with Crippen molar-refractivity contribution >= 4 is 0 Å². The molecule has 0 aliphatic rings. The molecule has 0 spiro atoms. The van der Waals surface area contributed by atoms with E-state index in [9.17, 15) is 0 Å². The summed E-state index contributed by atoms with van der Waals surface area (Å²) in [5.74, 6) is 0. The lowest BCUT2D eigenvalue weighted by atomic mass is 10.0. The molecule has 4 N–H and O–H groups in total. The topological polar surface area (TPSA) is 52.0 Å². The largest absolute Gasteiger partial charge is 0.328 e. The van der Waals surface area contributed by atoms with Gasteiger partial charge in [-0.1, -0.05) is 33.1 Å². The Morgan fingerprint density at radius 1 is 0.917 bits per heavy atom. The van der Waals surface area contributed by atoms with E-state index >= 15 is 0 Å². The fourth-order valence-electron chi connectivity index (χ4n) is 1.46. The molecule has 0 aliphatic heterocycles. The Balaban J connectivity index is 3.33. The molecule has 2 nitrogen and oxygen atoms in total. The van der Waals surface area contributed by atoms with E-state index in [0.29, 0.717) is 12.1 Å². The molecule has 0 amide bonds. The Bertz CT molecular complexity index is 93.8. The summed E-state index contributed by atoms with van der Waals surface area (Å²) < 4.78 is 0. The maximum absolute atomic E-state index is 5.91. The van der Waals surface area contributed by atoms with Crippen molar-refractivity contribution in [2.75, 3.05) is 0 Å². The van der Waals surface area contributed by atoms with Gasteiger partial charge < -0.3 is 11.5 Å². The molecule has 0 fully saturated rings. The molecule has 2 unspecified atom stereocenters. The van der Waals surface area contributed by atoms with Gasteiger partial charge in [0.25, 0.3) is 0 Å². The minimum Gasteiger partial charge on any atom is -0.328 e. The van der Waals surface area contributed by atoms with Crippen LogP contribution in [0, 0.1) is 0 Å². The van der Waals surface area contributed by atoms with E-state index in [4.69, 9.17) is 11.5 Å². The van der Waals surface area contributed by atoms with E-state index in [1.165, 1.54) is 19.3 Å². The molecule has 0 aromatic carbocycles. The normalized spacial score (nSPS) is 16.0. The van der Waals surface area contributed by atoms with Gasteiger partial charge >= 0.3 is 0 Å². The van der Waals surface area contributed by atoms with Crippen LogP contribution < -0.4 is 11.5 Å². The fraction of sp³-hybridized carbons (Fsp3) is 1.00. The SMILES string of the molecule is CCCCC(N)CC(N)CCC. The van der Waals surface area contributed by atoms with Crippen molar-refractivity contribution in [3.05, 3.63) is 0 Å². The second-order valence-electron chi connectivity index (χ2n) is 3.69. The number of nitrogens with two attached hydrogens (primary N) is 2. The highest BCUT2D eigenvalue weighted by Crippen LogP contribution is 2.06. The van der Waals surface area contributed by atoms with E-state index < -0.39 is 0 Å². The Morgan fingerprint density at radius 3 is 2.00 bits per heavy atom. The zero-order chi connectivity index (χ0) is 9.40. The van der Waals surface area contributed by atoms with Crippen molar-refractivity contribution in [1.29, 1.82) is 0 Å². The number of unbranched alkanes of at least 4 members (excludes halogenated alkanes) is 1. The van der Waals surface area contributed by atoms with Crippen LogP contribution in [-0.2, 0) is 0 Å². The summed E-state index contributed by atoms with van der Waals surface area (Å²) in [6, 6.07) is 0.647. The number of rotatable bonds is 7. The predicted molar refractivity (Wildman–Crippen MR) is 55.0 cm³/mol. The molecule has 0 aliphatic carbocycles. The third-order valence-corrected chi connectivity index (χ3v) is 2.19. The van der Waals surface area contributed by atoms with Gasteiger partial charge in [-0.3, -0.25) is 0 Å². The molecule has 0 aromatic heterocycles. The maximum Gasteiger partial charge on any atom is 0.00535 e. The van der Waals surface area contributed by atoms with Crippen LogP contribution in [0.3, 0.4) is 0 Å². The van der Waals surface area contributed by atoms with Gasteiger partial charge in [0.15, 0.2) is 0 Å². The van der Waals surface area contributed by atoms with E-state index in [-0.39, 0.29) is 0 Å². The van der Waals surface area contributed by atoms with Gasteiger partial charge in [0.1, 0.15) is 0 Å². The van der Waals surface area contributed by atoms with Gasteiger partial charge in [-0.25, -0.2) is 0 Å². The third kappa shape index (κ3) is 6.62. The summed E-state index contributed by atoms with van der Waals surface area (Å²) in [5.41, 5.74) is 11.8. The van der Waals surface area contributed by atoms with Gasteiger partial charge in [0.2, 0.25) is 0 Å². The summed E-state index contributed by atoms with van der Waals surface area (Å²) in [7, 11) is 0. The van der Waals surface area contributed by atoms with Crippen molar-refractivity contribution in [2.24, 2.45) is 11.5 Å². The highest BCUT2D eigenvalue weighted by molar-refractivity contribution is 4.69. The van der Waals surface area contributed by atoms with Gasteiger partial charge in [-0.2, -0.15) is 0 Å². The Hall–Kier alpha value is -0.0800. The summed E-state index contributed by atoms with van der Waals surface area (Å²) in [6.07, 6.45) is 6.87. The second kappa shape index (κ2) is 7.56. The average Bonchev–Trinajstić information content (AvgIpc) is 2.01. The Labute approximate surface area is 76.7 Å². The predicted octanol–water partition coefficient (Wildman–Crippen LogP) is 2.02. The van der Waals surface area contributed by atoms with Crippen molar-refractivity contribution in [1.82, 2.24) is 0 Å². The molecular formula is C10H24N2. The van der Waals surface area contributed by atoms with Gasteiger partial charge in [0.05, 0.1) is 0 Å². The van der Waals surface area contributed by atoms with Crippen LogP contribution in [0.25, 0.3) is 0 Å². The quantitative estimate of drug-likeness (QED) is 0.617. The maximum atomic E-state index is 5.91. The minimum atomic E-state index is 0.321. The molecule has 0 radical (unpaired) electrons. The summed E-state index contributed by atoms with van der Waals surface area (Å²) in [5, 5.41) is 0. The zero-order valence-corrected chi connectivity index (χ0v) is 8.55. The fourth-order valence-corrected chi connectivity index (χ4v) is 1.46. The highest BCUT2D eigenvalue weighted by atomic mass is 14.7. The molecular weight excluding hydrogens is 148 g/mol. The molecule has 12 heavy (non-hydrogen) atoms. The van der Waals surface area contributed by atoms with Crippen LogP contribution in [0.5, 0.6) is 0 Å². The monoisotopic (exact) mass is 172 g/mol. The summed E-state index contributed by atoms with van der Waals surface area (Å²) >= 11 is 0. The lowest BCUT2D eigenvalue weighted by molar-refractivity contribution is 0.462. The van der Waals surface area contributed by atoms with E-state index in [1.54, 1.807) is 0 Å². The zero-order valence-electron chi connectivity index (χ0n) is 8.55. The van der Waals surface area contributed by atoms with E-state index in [2.05, 4.69) is 13.8 Å². The van der Waals surface area contributed by atoms with Crippen molar-refractivity contribution in [3.8, 4) is 0 Å². The Morgan fingerprint density at radius 2 is 1.50 bits per heavy atom. The molecule has 0 rings (SSSR count). The van der Waals surface area contributed by atoms with Crippen LogP contribution in [0.1, 0.15) is 52.4 Å². The smallest absolute Gasteiger partial charge is 0.00535 e. The second-order valence-corrected chi connectivity index (χ2v) is 3.69. The first-order chi connectivity index (χ1) is 5.70. The van der Waals surface area contributed by atoms with Crippen LogP contribution in [-0.4, -0.2) is 12.1 Å². The van der Waals surface area contributed by atoms with Crippen LogP contribution in [0.15, 0.2) is 0 Å². The van der Waals surface area contributed by atoms with Crippen molar-refractivity contribution in [2.45, 2.75) is 64.5 Å². The molecule has 0 heterocycles. The van der Waals surface area contributed by atoms with Gasteiger partial charge in [-0.15, -0.1) is 0 Å². The summed E-state index contributed by atoms with van der Waals surface area (Å²) in [6.45, 7) is 4.36. The molecule has 0 bridgehead atoms. The lowest BCUT2D eigenvalue weighted by Crippen LogP contribution is -2.31. The minimum absolute atomic E-state index is 0.321. The first-order valence-corrected chi connectivity index (χ1v) is 5.21. The lowest BCUT2D eigenvalue weighted by Gasteiger charge is -2.16. The molecule has 0 aromatic rings. The molecule has 2 heteroatoms. The third-order valence-electron chi connectivity index (χ3n) is 2.19. The van der Waals surface area contributed by atoms with Gasteiger partial charge in [0, 0.05) is 12.1 Å². The molecule has 2 atom stereocenters. The highest BCUT2D eigenvalue weighted by Gasteiger charge is 2.07. The van der Waals surface area contributed by atoms with Crippen LogP contribution >= 0.6 is 0 Å². The van der Waals surface area contributed by atoms with Crippen LogP contribution in [0.4, 0.5) is 0 Å². The summed E-state index contributed by atoms with van der Waals surface area (Å²) in [4.78, 5) is 0. The standard InChI is InChI=1S/C10H24N2/c1-3-5-7-10(12)8-9(11)6-4-2/h9-10H,3-8,11-12H2,1-2H3. The van der Waals surface area contributed by atoms with Gasteiger partial charge in [-0.05, 0) is 19.3 Å². The molecule has 0 saturated heterocycles. The average molecular weight is 172 g/mol. The van der Waals surface area contributed by atoms with Crippen LogP contribution in [0.2, 0.25) is 0 Å². The van der Waals surface area contributed by atoms with E-state index in [1.807, 2.05) is 0 Å². The molecule has 0 saturated carbocycles. The van der Waals surface area contributed by atoms with Crippen molar-refractivity contribution < 1.29 is 0 Å². The first kappa shape index (κ1) is 11.9. The molecule has 74 valence electrons. The Kier molecular flexibility index (Phi) is 7.51. The van der Waals surface area contributed by atoms with E-state index in [0.717, 1.165) is 19.3 Å². The number of hydrogen-bond acceptors (Lipinski definition) is 2. The van der Waals surface area contributed by atoms with Crippen molar-refractivity contribution in [3.63, 3.8) is 0 Å².